The number of aliphatic carboxylic acids is 1. The number of sulfonamides is 1. The minimum atomic E-state index is -3.46. The van der Waals surface area contributed by atoms with E-state index in [-0.39, 0.29) is 4.90 Å². The molecule has 94 valence electrons. The molecule has 0 aromatic heterocycles. The summed E-state index contributed by atoms with van der Waals surface area (Å²) < 4.78 is 29.4. The summed E-state index contributed by atoms with van der Waals surface area (Å²) >= 11 is 0. The third kappa shape index (κ3) is 3.43. The quantitative estimate of drug-likeness (QED) is 0.827. The third-order valence-corrected chi connectivity index (χ3v) is 3.79. The number of hydrogen-bond donors (Lipinski definition) is 1. The third-order valence-electron chi connectivity index (χ3n) is 1.96. The molecule has 0 fully saturated rings. The first-order valence-electron chi connectivity index (χ1n) is 4.71. The maximum Gasteiger partial charge on any atom is 0.341 e. The molecule has 0 saturated heterocycles. The summed E-state index contributed by atoms with van der Waals surface area (Å²) in [6, 6.07) is 5.57. The van der Waals surface area contributed by atoms with Gasteiger partial charge in [0.15, 0.2) is 6.61 Å². The van der Waals surface area contributed by atoms with Gasteiger partial charge in [0, 0.05) is 14.1 Å². The SMILES string of the molecule is CN(C)S(=O)(=O)c1ccc(OCC(=O)O)cc1. The van der Waals surface area contributed by atoms with E-state index in [1.807, 2.05) is 0 Å². The number of rotatable bonds is 5. The van der Waals surface area contributed by atoms with Gasteiger partial charge in [-0.05, 0) is 24.3 Å². The van der Waals surface area contributed by atoms with Crippen LogP contribution in [-0.2, 0) is 14.8 Å². The molecule has 0 saturated carbocycles. The fourth-order valence-corrected chi connectivity index (χ4v) is 1.97. The maximum absolute atomic E-state index is 11.7. The first-order chi connectivity index (χ1) is 7.84. The Bertz CT molecular complexity index is 492. The zero-order valence-electron chi connectivity index (χ0n) is 9.45. The van der Waals surface area contributed by atoms with E-state index < -0.39 is 22.6 Å². The van der Waals surface area contributed by atoms with Crippen LogP contribution >= 0.6 is 0 Å². The molecular formula is C10H13NO5S. The molecular weight excluding hydrogens is 246 g/mol. The largest absolute Gasteiger partial charge is 0.482 e. The average molecular weight is 259 g/mol. The van der Waals surface area contributed by atoms with Crippen molar-refractivity contribution in [3.63, 3.8) is 0 Å². The number of carboxylic acid groups (broad SMARTS) is 1. The predicted octanol–water partition coefficient (Wildman–Crippen LogP) is 0.400. The molecule has 0 atom stereocenters. The van der Waals surface area contributed by atoms with Crippen molar-refractivity contribution in [2.45, 2.75) is 4.90 Å². The van der Waals surface area contributed by atoms with Crippen molar-refractivity contribution in [3.05, 3.63) is 24.3 Å². The Morgan fingerprint density at radius 3 is 2.24 bits per heavy atom. The molecule has 17 heavy (non-hydrogen) atoms. The molecule has 0 bridgehead atoms. The van der Waals surface area contributed by atoms with Crippen molar-refractivity contribution in [3.8, 4) is 5.75 Å². The Balaban J connectivity index is 2.85. The lowest BCUT2D eigenvalue weighted by molar-refractivity contribution is -0.139. The lowest BCUT2D eigenvalue weighted by Crippen LogP contribution is -2.22. The van der Waals surface area contributed by atoms with Gasteiger partial charge in [-0.15, -0.1) is 0 Å². The molecule has 0 aliphatic heterocycles. The van der Waals surface area contributed by atoms with Crippen molar-refractivity contribution in [2.75, 3.05) is 20.7 Å². The number of carboxylic acids is 1. The normalized spacial score (nSPS) is 11.5. The van der Waals surface area contributed by atoms with Gasteiger partial charge in [-0.1, -0.05) is 0 Å². The van der Waals surface area contributed by atoms with E-state index in [1.165, 1.54) is 38.4 Å². The Morgan fingerprint density at radius 2 is 1.82 bits per heavy atom. The highest BCUT2D eigenvalue weighted by Gasteiger charge is 2.16. The van der Waals surface area contributed by atoms with Gasteiger partial charge in [0.1, 0.15) is 5.75 Å². The van der Waals surface area contributed by atoms with Crippen LogP contribution in [0.25, 0.3) is 0 Å². The van der Waals surface area contributed by atoms with Crippen molar-refractivity contribution >= 4 is 16.0 Å². The molecule has 7 heteroatoms. The van der Waals surface area contributed by atoms with Crippen LogP contribution in [0.15, 0.2) is 29.2 Å². The number of benzene rings is 1. The van der Waals surface area contributed by atoms with Crippen LogP contribution in [0.2, 0.25) is 0 Å². The zero-order valence-corrected chi connectivity index (χ0v) is 10.3. The fourth-order valence-electron chi connectivity index (χ4n) is 1.06. The van der Waals surface area contributed by atoms with Crippen LogP contribution in [0.3, 0.4) is 0 Å². The summed E-state index contributed by atoms with van der Waals surface area (Å²) in [5, 5.41) is 8.40. The lowest BCUT2D eigenvalue weighted by atomic mass is 10.3. The molecule has 0 radical (unpaired) electrons. The Labute approximate surface area is 99.5 Å². The minimum absolute atomic E-state index is 0.130. The number of ether oxygens (including phenoxy) is 1. The van der Waals surface area contributed by atoms with Gasteiger partial charge in [0.2, 0.25) is 10.0 Å². The maximum atomic E-state index is 11.7. The second-order valence-corrected chi connectivity index (χ2v) is 5.59. The topological polar surface area (TPSA) is 83.9 Å². The van der Waals surface area contributed by atoms with Crippen LogP contribution in [-0.4, -0.2) is 44.5 Å². The van der Waals surface area contributed by atoms with E-state index in [1.54, 1.807) is 0 Å². The Morgan fingerprint density at radius 1 is 1.29 bits per heavy atom. The van der Waals surface area contributed by atoms with Crippen molar-refractivity contribution in [1.82, 2.24) is 4.31 Å². The summed E-state index contributed by atoms with van der Waals surface area (Å²) in [6.45, 7) is -0.459. The molecule has 1 N–H and O–H groups in total. The summed E-state index contributed by atoms with van der Waals surface area (Å²) in [4.78, 5) is 10.4. The molecule has 1 aromatic carbocycles. The molecule has 0 aliphatic rings. The highest BCUT2D eigenvalue weighted by molar-refractivity contribution is 7.89. The predicted molar refractivity (Wildman–Crippen MR) is 60.4 cm³/mol. The number of carbonyl (C=O) groups is 1. The van der Waals surface area contributed by atoms with Gasteiger partial charge in [0.25, 0.3) is 0 Å². The smallest absolute Gasteiger partial charge is 0.341 e. The summed E-state index contributed by atoms with van der Waals surface area (Å²) in [6.07, 6.45) is 0. The van der Waals surface area contributed by atoms with Crippen molar-refractivity contribution < 1.29 is 23.1 Å². The summed E-state index contributed by atoms with van der Waals surface area (Å²) in [5.74, 6) is -0.778. The van der Waals surface area contributed by atoms with Gasteiger partial charge >= 0.3 is 5.97 Å². The van der Waals surface area contributed by atoms with Gasteiger partial charge in [-0.25, -0.2) is 17.5 Å². The Kier molecular flexibility index (Phi) is 4.08. The van der Waals surface area contributed by atoms with E-state index in [0.717, 1.165) is 4.31 Å². The first-order valence-corrected chi connectivity index (χ1v) is 6.15. The monoisotopic (exact) mass is 259 g/mol. The molecule has 0 amide bonds. The van der Waals surface area contributed by atoms with E-state index in [9.17, 15) is 13.2 Å². The van der Waals surface area contributed by atoms with Crippen molar-refractivity contribution in [2.24, 2.45) is 0 Å². The van der Waals surface area contributed by atoms with Crippen LogP contribution in [0, 0.1) is 0 Å². The van der Waals surface area contributed by atoms with Gasteiger partial charge in [-0.2, -0.15) is 0 Å². The molecule has 6 nitrogen and oxygen atoms in total. The second kappa shape index (κ2) is 5.15. The summed E-state index contributed by atoms with van der Waals surface area (Å²) in [5.41, 5.74) is 0. The van der Waals surface area contributed by atoms with Crippen molar-refractivity contribution in [1.29, 1.82) is 0 Å². The number of nitrogens with zero attached hydrogens (tertiary/aromatic N) is 1. The fraction of sp³-hybridized carbons (Fsp3) is 0.300. The van der Waals surface area contributed by atoms with Crippen LogP contribution in [0.4, 0.5) is 0 Å². The number of hydrogen-bond acceptors (Lipinski definition) is 4. The molecule has 1 rings (SSSR count). The minimum Gasteiger partial charge on any atom is -0.482 e. The average Bonchev–Trinajstić information content (AvgIpc) is 2.26. The van der Waals surface area contributed by atoms with E-state index in [2.05, 4.69) is 0 Å². The van der Waals surface area contributed by atoms with Gasteiger partial charge in [-0.3, -0.25) is 0 Å². The molecule has 0 unspecified atom stereocenters. The van der Waals surface area contributed by atoms with Gasteiger partial charge in [0.05, 0.1) is 4.90 Å². The molecule has 0 heterocycles. The Hall–Kier alpha value is -1.60. The highest BCUT2D eigenvalue weighted by Crippen LogP contribution is 2.17. The van der Waals surface area contributed by atoms with Crippen LogP contribution < -0.4 is 4.74 Å². The van der Waals surface area contributed by atoms with Crippen LogP contribution in [0.5, 0.6) is 5.75 Å². The first kappa shape index (κ1) is 13.5. The van der Waals surface area contributed by atoms with Crippen LogP contribution in [0.1, 0.15) is 0 Å². The zero-order chi connectivity index (χ0) is 13.1. The van der Waals surface area contributed by atoms with E-state index >= 15 is 0 Å². The lowest BCUT2D eigenvalue weighted by Gasteiger charge is -2.11. The van der Waals surface area contributed by atoms with E-state index in [0.29, 0.717) is 5.75 Å². The summed E-state index contributed by atoms with van der Waals surface area (Å²) in [7, 11) is -0.594. The van der Waals surface area contributed by atoms with E-state index in [4.69, 9.17) is 9.84 Å². The standard InChI is InChI=1S/C10H13NO5S/c1-11(2)17(14,15)9-5-3-8(4-6-9)16-7-10(12)13/h3-6H,7H2,1-2H3,(H,12,13). The molecule has 0 aliphatic carbocycles. The van der Waals surface area contributed by atoms with Gasteiger partial charge < -0.3 is 9.84 Å². The second-order valence-electron chi connectivity index (χ2n) is 3.44. The molecule has 1 aromatic rings. The highest BCUT2D eigenvalue weighted by atomic mass is 32.2. The molecule has 0 spiro atoms.